The van der Waals surface area contributed by atoms with Crippen LogP contribution < -0.4 is 15.2 Å². The zero-order valence-corrected chi connectivity index (χ0v) is 17.7. The van der Waals surface area contributed by atoms with Crippen LogP contribution in [0.1, 0.15) is 17.3 Å². The fourth-order valence-electron chi connectivity index (χ4n) is 2.04. The highest BCUT2D eigenvalue weighted by Crippen LogP contribution is 2.28. The second kappa shape index (κ2) is 10.3. The highest BCUT2D eigenvalue weighted by Gasteiger charge is 2.18. The molecule has 0 saturated carbocycles. The van der Waals surface area contributed by atoms with Gasteiger partial charge in [-0.2, -0.15) is 0 Å². The molecule has 1 aromatic carbocycles. The minimum absolute atomic E-state index is 0.126. The maximum Gasteiger partial charge on any atom is 0.282 e. The molecule has 1 aromatic heterocycles. The van der Waals surface area contributed by atoms with Crippen molar-refractivity contribution >= 4 is 39.4 Å². The number of carbonyl (C=O) groups excluding carboxylic acids is 1. The number of hydrogen-bond donors (Lipinski definition) is 1. The van der Waals surface area contributed by atoms with Crippen LogP contribution in [0.2, 0.25) is 0 Å². The van der Waals surface area contributed by atoms with Gasteiger partial charge in [0.25, 0.3) is 5.91 Å². The maximum atomic E-state index is 12.4. The summed E-state index contributed by atoms with van der Waals surface area (Å²) in [6, 6.07) is 5.37. The summed E-state index contributed by atoms with van der Waals surface area (Å²) in [6.45, 7) is 2.42. The Balaban J connectivity index is 1.84. The number of halogens is 1. The van der Waals surface area contributed by atoms with Crippen LogP contribution >= 0.6 is 27.7 Å². The summed E-state index contributed by atoms with van der Waals surface area (Å²) < 4.78 is 11.5. The van der Waals surface area contributed by atoms with Crippen molar-refractivity contribution in [3.05, 3.63) is 34.4 Å². The van der Waals surface area contributed by atoms with E-state index in [1.165, 1.54) is 25.0 Å². The molecule has 10 heteroatoms. The molecule has 0 saturated heterocycles. The third-order valence-corrected chi connectivity index (χ3v) is 4.71. The smallest absolute Gasteiger partial charge is 0.282 e. The molecule has 0 spiro atoms. The number of nitrogens with zero attached hydrogens (tertiary/aromatic N) is 3. The number of anilines is 1. The monoisotopic (exact) mass is 456 g/mol. The number of aromatic nitrogens is 2. The Bertz CT molecular complexity index is 794. The fourth-order valence-corrected chi connectivity index (χ4v) is 3.11. The van der Waals surface area contributed by atoms with Gasteiger partial charge in [0.05, 0.1) is 11.6 Å². The van der Waals surface area contributed by atoms with Gasteiger partial charge in [0, 0.05) is 13.2 Å². The molecule has 2 rings (SSSR count). The summed E-state index contributed by atoms with van der Waals surface area (Å²) in [5.74, 6) is 1.89. The van der Waals surface area contributed by atoms with Crippen LogP contribution in [0.25, 0.3) is 0 Å². The van der Waals surface area contributed by atoms with E-state index in [0.717, 1.165) is 15.3 Å². The van der Waals surface area contributed by atoms with Gasteiger partial charge < -0.3 is 15.2 Å². The Labute approximate surface area is 170 Å². The molecule has 2 aromatic rings. The topological polar surface area (TPSA) is 99.8 Å². The number of hydrogen-bond acceptors (Lipinski definition) is 8. The zero-order chi connectivity index (χ0) is 19.8. The number of methoxy groups -OCH3 is 1. The van der Waals surface area contributed by atoms with Crippen molar-refractivity contribution in [3.63, 3.8) is 0 Å². The normalized spacial score (nSPS) is 10.5. The van der Waals surface area contributed by atoms with Crippen LogP contribution in [0.3, 0.4) is 0 Å². The minimum Gasteiger partial charge on any atom is -0.496 e. The van der Waals surface area contributed by atoms with Gasteiger partial charge in [-0.3, -0.25) is 9.63 Å². The molecule has 0 aliphatic heterocycles. The number of thioether (sulfide) groups is 1. The van der Waals surface area contributed by atoms with Crippen LogP contribution in [-0.2, 0) is 4.84 Å². The standard InChI is InChI=1S/C17H21BrN4O4S/c1-4-27-17-20-10-12(15(19)21-17)16(23)22(2)26-8-7-25-11-5-6-14(24-3)13(18)9-11/h5-6,9-10H,4,7-8H2,1-3H3,(H2,19,20,21). The molecule has 0 unspecified atom stereocenters. The maximum absolute atomic E-state index is 12.4. The van der Waals surface area contributed by atoms with E-state index in [4.69, 9.17) is 20.0 Å². The minimum atomic E-state index is -0.423. The summed E-state index contributed by atoms with van der Waals surface area (Å²) in [6.07, 6.45) is 1.41. The molecule has 146 valence electrons. The van der Waals surface area contributed by atoms with Gasteiger partial charge in [0.1, 0.15) is 36.1 Å². The highest BCUT2D eigenvalue weighted by atomic mass is 79.9. The second-order valence-corrected chi connectivity index (χ2v) is 7.25. The fraction of sp³-hybridized carbons (Fsp3) is 0.353. The average Bonchev–Trinajstić information content (AvgIpc) is 2.65. The Morgan fingerprint density at radius 1 is 1.37 bits per heavy atom. The molecule has 0 aliphatic rings. The van der Waals surface area contributed by atoms with Crippen LogP contribution in [0, 0.1) is 0 Å². The second-order valence-electron chi connectivity index (χ2n) is 5.17. The first kappa shape index (κ1) is 21.3. The number of benzene rings is 1. The number of carbonyl (C=O) groups is 1. The molecule has 0 atom stereocenters. The number of hydroxylamine groups is 2. The lowest BCUT2D eigenvalue weighted by Gasteiger charge is -2.17. The van der Waals surface area contributed by atoms with E-state index in [1.54, 1.807) is 25.3 Å². The SMILES string of the molecule is CCSc1ncc(C(=O)N(C)OCCOc2ccc(OC)c(Br)c2)c(N)n1. The molecular weight excluding hydrogens is 436 g/mol. The van der Waals surface area contributed by atoms with E-state index in [-0.39, 0.29) is 24.6 Å². The van der Waals surface area contributed by atoms with Crippen molar-refractivity contribution in [1.29, 1.82) is 0 Å². The third-order valence-electron chi connectivity index (χ3n) is 3.35. The largest absolute Gasteiger partial charge is 0.496 e. The lowest BCUT2D eigenvalue weighted by atomic mass is 10.3. The molecule has 2 N–H and O–H groups in total. The molecule has 0 fully saturated rings. The van der Waals surface area contributed by atoms with Crippen LogP contribution in [0.5, 0.6) is 11.5 Å². The van der Waals surface area contributed by atoms with Gasteiger partial charge in [-0.15, -0.1) is 0 Å². The quantitative estimate of drug-likeness (QED) is 0.266. The first-order chi connectivity index (χ1) is 13.0. The van der Waals surface area contributed by atoms with Gasteiger partial charge >= 0.3 is 0 Å². The number of rotatable bonds is 9. The number of nitrogens with two attached hydrogens (primary N) is 1. The highest BCUT2D eigenvalue weighted by molar-refractivity contribution is 9.10. The van der Waals surface area contributed by atoms with Crippen molar-refractivity contribution < 1.29 is 19.1 Å². The summed E-state index contributed by atoms with van der Waals surface area (Å²) in [5.41, 5.74) is 6.04. The summed E-state index contributed by atoms with van der Waals surface area (Å²) >= 11 is 4.84. The van der Waals surface area contributed by atoms with Gasteiger partial charge in [-0.05, 0) is 39.9 Å². The zero-order valence-electron chi connectivity index (χ0n) is 15.3. The molecule has 0 bridgehead atoms. The Morgan fingerprint density at radius 2 is 2.15 bits per heavy atom. The van der Waals surface area contributed by atoms with E-state index in [2.05, 4.69) is 25.9 Å². The first-order valence-electron chi connectivity index (χ1n) is 8.08. The molecule has 27 heavy (non-hydrogen) atoms. The van der Waals surface area contributed by atoms with E-state index in [1.807, 2.05) is 6.92 Å². The Hall–Kier alpha value is -2.04. The van der Waals surface area contributed by atoms with Gasteiger partial charge in [0.2, 0.25) is 0 Å². The first-order valence-corrected chi connectivity index (χ1v) is 9.86. The van der Waals surface area contributed by atoms with Crippen LogP contribution in [-0.4, -0.2) is 54.1 Å². The van der Waals surface area contributed by atoms with E-state index >= 15 is 0 Å². The van der Waals surface area contributed by atoms with Crippen LogP contribution in [0.4, 0.5) is 5.82 Å². The molecule has 8 nitrogen and oxygen atoms in total. The van der Waals surface area contributed by atoms with Crippen molar-refractivity contribution in [2.45, 2.75) is 12.1 Å². The molecule has 0 aliphatic carbocycles. The molecule has 1 heterocycles. The average molecular weight is 457 g/mol. The van der Waals surface area contributed by atoms with Crippen molar-refractivity contribution in [2.24, 2.45) is 0 Å². The summed E-state index contributed by atoms with van der Waals surface area (Å²) in [5, 5.41) is 1.63. The van der Waals surface area contributed by atoms with Gasteiger partial charge in [-0.1, -0.05) is 18.7 Å². The predicted octanol–water partition coefficient (Wildman–Crippen LogP) is 3.02. The van der Waals surface area contributed by atoms with Crippen molar-refractivity contribution in [2.75, 3.05) is 38.9 Å². The Morgan fingerprint density at radius 3 is 2.78 bits per heavy atom. The molecule has 0 radical (unpaired) electrons. The van der Waals surface area contributed by atoms with Crippen molar-refractivity contribution in [3.8, 4) is 11.5 Å². The summed E-state index contributed by atoms with van der Waals surface area (Å²) in [7, 11) is 3.09. The van der Waals surface area contributed by atoms with E-state index in [0.29, 0.717) is 16.7 Å². The van der Waals surface area contributed by atoms with Gasteiger partial charge in [-0.25, -0.2) is 15.0 Å². The lowest BCUT2D eigenvalue weighted by molar-refractivity contribution is -0.112. The molecular formula is C17H21BrN4O4S. The summed E-state index contributed by atoms with van der Waals surface area (Å²) in [4.78, 5) is 26.0. The number of nitrogen functional groups attached to an aromatic ring is 1. The van der Waals surface area contributed by atoms with E-state index < -0.39 is 5.91 Å². The Kier molecular flexibility index (Phi) is 8.14. The predicted molar refractivity (Wildman–Crippen MR) is 107 cm³/mol. The van der Waals surface area contributed by atoms with E-state index in [9.17, 15) is 4.79 Å². The van der Waals surface area contributed by atoms with Gasteiger partial charge in [0.15, 0.2) is 5.16 Å². The number of ether oxygens (including phenoxy) is 2. The van der Waals surface area contributed by atoms with Crippen LogP contribution in [0.15, 0.2) is 34.0 Å². The third kappa shape index (κ3) is 5.98. The number of amides is 1. The van der Waals surface area contributed by atoms with Crippen molar-refractivity contribution in [1.82, 2.24) is 15.0 Å². The lowest BCUT2D eigenvalue weighted by Crippen LogP contribution is -2.30. The molecule has 1 amide bonds.